The van der Waals surface area contributed by atoms with E-state index >= 15 is 0 Å². The molecule has 0 fully saturated rings. The van der Waals surface area contributed by atoms with Crippen LogP contribution in [0.25, 0.3) is 5.57 Å². The molecule has 2 aromatic rings. The van der Waals surface area contributed by atoms with Crippen LogP contribution in [0.5, 0.6) is 5.75 Å². The van der Waals surface area contributed by atoms with Gasteiger partial charge >= 0.3 is 179 Å². The van der Waals surface area contributed by atoms with Gasteiger partial charge in [0.15, 0.2) is 0 Å². The van der Waals surface area contributed by atoms with E-state index in [0.29, 0.717) is 11.3 Å². The van der Waals surface area contributed by atoms with Crippen molar-refractivity contribution in [3.63, 3.8) is 0 Å². The van der Waals surface area contributed by atoms with Crippen LogP contribution < -0.4 is 4.46 Å². The number of phenolic OH excluding ortho intramolecular Hbond substituents is 1. The van der Waals surface area contributed by atoms with Gasteiger partial charge < -0.3 is 0 Å². The molecule has 1 aliphatic carbocycles. The Labute approximate surface area is 179 Å². The second kappa shape index (κ2) is 8.11. The third-order valence-corrected chi connectivity index (χ3v) is 7.00. The van der Waals surface area contributed by atoms with Crippen molar-refractivity contribution in [2.75, 3.05) is 0 Å². The number of rotatable bonds is 3. The van der Waals surface area contributed by atoms with Crippen LogP contribution in [0, 0.1) is 10.7 Å². The number of hydrogen-bond acceptors (Lipinski definition) is 2. The van der Waals surface area contributed by atoms with Gasteiger partial charge in [0.1, 0.15) is 0 Å². The fourth-order valence-electron chi connectivity index (χ4n) is 3.86. The summed E-state index contributed by atoms with van der Waals surface area (Å²) in [5.41, 5.74) is 3.50. The zero-order valence-electron chi connectivity index (χ0n) is 17.2. The summed E-state index contributed by atoms with van der Waals surface area (Å²) >= 11 is -0.198. The molecule has 0 radical (unpaired) electrons. The Bertz CT molecular complexity index is 1020. The number of hydrogen-bond donors (Lipinski definition) is 2. The number of phenols is 1. The number of benzene rings is 2. The molecule has 1 aliphatic rings. The molecule has 0 atom stereocenters. The molecule has 0 aliphatic heterocycles. The van der Waals surface area contributed by atoms with Crippen LogP contribution in [-0.2, 0) is 15.6 Å². The van der Waals surface area contributed by atoms with Gasteiger partial charge in [-0.15, -0.1) is 0 Å². The zero-order valence-corrected chi connectivity index (χ0v) is 19.0. The van der Waals surface area contributed by atoms with Gasteiger partial charge in [0.2, 0.25) is 0 Å². The minimum atomic E-state index is -1.01. The second-order valence-corrected chi connectivity index (χ2v) is 10.6. The van der Waals surface area contributed by atoms with Crippen LogP contribution >= 0.6 is 0 Å². The van der Waals surface area contributed by atoms with E-state index in [0.717, 1.165) is 34.5 Å². The van der Waals surface area contributed by atoms with Crippen LogP contribution in [-0.4, -0.2) is 31.1 Å². The molecule has 0 saturated carbocycles. The SMILES string of the molecule is CC1(C)CCC(C)(C)c2c(O)cc([Se]C#CC(=CC(=O)O)c3ccccc3)cc21. The van der Waals surface area contributed by atoms with E-state index < -0.39 is 5.97 Å². The molecule has 0 unspecified atom stereocenters. The molecule has 2 N–H and O–H groups in total. The van der Waals surface area contributed by atoms with Crippen molar-refractivity contribution in [2.24, 2.45) is 0 Å². The second-order valence-electron chi connectivity index (χ2n) is 8.72. The fraction of sp³-hybridized carbons (Fsp3) is 0.320. The molecule has 150 valence electrons. The number of carboxylic acids is 1. The predicted molar refractivity (Wildman–Crippen MR) is 119 cm³/mol. The maximum absolute atomic E-state index is 11.2. The first-order chi connectivity index (χ1) is 13.6. The summed E-state index contributed by atoms with van der Waals surface area (Å²) in [5.74, 6) is 2.37. The molecule has 2 aromatic carbocycles. The maximum atomic E-state index is 11.2. The third-order valence-electron chi connectivity index (χ3n) is 5.58. The quantitative estimate of drug-likeness (QED) is 0.416. The van der Waals surface area contributed by atoms with Gasteiger partial charge in [0.25, 0.3) is 0 Å². The van der Waals surface area contributed by atoms with E-state index in [1.807, 2.05) is 36.4 Å². The van der Waals surface area contributed by atoms with Crippen molar-refractivity contribution in [1.29, 1.82) is 0 Å². The number of aromatic hydroxyl groups is 1. The Kier molecular flexibility index (Phi) is 5.94. The molecular weight excluding hydrogens is 427 g/mol. The van der Waals surface area contributed by atoms with Gasteiger partial charge in [-0.25, -0.2) is 0 Å². The van der Waals surface area contributed by atoms with Crippen molar-refractivity contribution in [2.45, 2.75) is 51.4 Å². The molecule has 0 saturated heterocycles. The first-order valence-corrected chi connectivity index (χ1v) is 11.4. The van der Waals surface area contributed by atoms with E-state index in [4.69, 9.17) is 5.11 Å². The standard InChI is InChI=1S/C25H26O3Se/c1-24(2)11-12-25(3,4)23-20(24)15-19(16-21(23)26)29-13-10-18(14-22(27)28)17-8-6-5-7-9-17/h5-9,14-16,26H,11-12H2,1-4H3,(H,27,28). The topological polar surface area (TPSA) is 57.5 Å². The number of carbonyl (C=O) groups is 1. The monoisotopic (exact) mass is 454 g/mol. The van der Waals surface area contributed by atoms with E-state index in [1.54, 1.807) is 0 Å². The van der Waals surface area contributed by atoms with Crippen LogP contribution in [0.2, 0.25) is 0 Å². The summed E-state index contributed by atoms with van der Waals surface area (Å²) in [5, 5.41) is 19.9. The summed E-state index contributed by atoms with van der Waals surface area (Å²) in [7, 11) is 0. The van der Waals surface area contributed by atoms with Crippen LogP contribution in [0.3, 0.4) is 0 Å². The minimum absolute atomic E-state index is 0.0141. The fourth-order valence-corrected chi connectivity index (χ4v) is 5.18. The van der Waals surface area contributed by atoms with E-state index in [-0.39, 0.29) is 25.8 Å². The molecule has 4 heteroatoms. The molecule has 0 amide bonds. The number of carboxylic acid groups (broad SMARTS) is 1. The van der Waals surface area contributed by atoms with Crippen molar-refractivity contribution >= 4 is 31.0 Å². The molecule has 29 heavy (non-hydrogen) atoms. The molecule has 0 heterocycles. The van der Waals surface area contributed by atoms with Crippen LogP contribution in [0.4, 0.5) is 0 Å². The van der Waals surface area contributed by atoms with E-state index in [1.165, 1.54) is 5.56 Å². The normalized spacial score (nSPS) is 17.0. The predicted octanol–water partition coefficient (Wildman–Crippen LogP) is 4.20. The summed E-state index contributed by atoms with van der Waals surface area (Å²) in [6.07, 6.45) is 3.27. The summed E-state index contributed by atoms with van der Waals surface area (Å²) in [6.45, 7) is 8.83. The Hall–Kier alpha value is -2.47. The Morgan fingerprint density at radius 3 is 2.38 bits per heavy atom. The van der Waals surface area contributed by atoms with Crippen molar-refractivity contribution in [3.05, 3.63) is 65.2 Å². The average molecular weight is 453 g/mol. The molecule has 0 bridgehead atoms. The number of aliphatic carboxylic acids is 1. The van der Waals surface area contributed by atoms with E-state index in [9.17, 15) is 9.90 Å². The van der Waals surface area contributed by atoms with Gasteiger partial charge in [-0.3, -0.25) is 0 Å². The van der Waals surface area contributed by atoms with Gasteiger partial charge in [0.05, 0.1) is 0 Å². The number of fused-ring (bicyclic) bond motifs is 1. The van der Waals surface area contributed by atoms with Crippen molar-refractivity contribution in [1.82, 2.24) is 0 Å². The Morgan fingerprint density at radius 2 is 1.72 bits per heavy atom. The first kappa shape index (κ1) is 21.2. The van der Waals surface area contributed by atoms with Gasteiger partial charge in [0, 0.05) is 0 Å². The molecule has 3 nitrogen and oxygen atoms in total. The summed E-state index contributed by atoms with van der Waals surface area (Å²) < 4.78 is 1.01. The molecule has 3 rings (SSSR count). The number of allylic oxidation sites excluding steroid dienone is 1. The first-order valence-electron chi connectivity index (χ1n) is 9.66. The molecule has 0 spiro atoms. The van der Waals surface area contributed by atoms with Crippen molar-refractivity contribution in [3.8, 4) is 16.5 Å². The molecule has 0 aromatic heterocycles. The van der Waals surface area contributed by atoms with E-state index in [2.05, 4.69) is 44.5 Å². The Balaban J connectivity index is 1.95. The van der Waals surface area contributed by atoms with Crippen LogP contribution in [0.15, 0.2) is 48.5 Å². The zero-order chi connectivity index (χ0) is 21.2. The summed E-state index contributed by atoms with van der Waals surface area (Å²) in [4.78, 5) is 14.3. The van der Waals surface area contributed by atoms with Gasteiger partial charge in [-0.2, -0.15) is 0 Å². The van der Waals surface area contributed by atoms with Crippen LogP contribution in [0.1, 0.15) is 57.2 Å². The molecular formula is C25H26O3Se. The third kappa shape index (κ3) is 4.75. The Morgan fingerprint density at radius 1 is 1.07 bits per heavy atom. The summed E-state index contributed by atoms with van der Waals surface area (Å²) in [6, 6.07) is 13.3. The van der Waals surface area contributed by atoms with Gasteiger partial charge in [-0.1, -0.05) is 0 Å². The van der Waals surface area contributed by atoms with Gasteiger partial charge in [-0.05, 0) is 0 Å². The van der Waals surface area contributed by atoms with Crippen molar-refractivity contribution < 1.29 is 15.0 Å². The average Bonchev–Trinajstić information content (AvgIpc) is 2.65.